The summed E-state index contributed by atoms with van der Waals surface area (Å²) in [4.78, 5) is 22.2. The first-order chi connectivity index (χ1) is 7.63. The molecule has 0 spiro atoms. The van der Waals surface area contributed by atoms with Crippen molar-refractivity contribution in [1.29, 1.82) is 0 Å². The lowest BCUT2D eigenvalue weighted by atomic mass is 10.2. The van der Waals surface area contributed by atoms with E-state index in [0.717, 1.165) is 25.7 Å². The Morgan fingerprint density at radius 1 is 1.44 bits per heavy atom. The van der Waals surface area contributed by atoms with Crippen molar-refractivity contribution in [2.24, 2.45) is 0 Å². The molecule has 1 fully saturated rings. The van der Waals surface area contributed by atoms with Crippen molar-refractivity contribution in [2.45, 2.75) is 37.8 Å². The molecule has 1 unspecified atom stereocenters. The summed E-state index contributed by atoms with van der Waals surface area (Å²) in [5.74, 6) is -0.749. The summed E-state index contributed by atoms with van der Waals surface area (Å²) in [6, 6.07) is -0.134. The molecule has 92 valence electrons. The molecule has 0 aromatic carbocycles. The van der Waals surface area contributed by atoms with Gasteiger partial charge in [0.2, 0.25) is 0 Å². The number of carbonyl (C=O) groups is 2. The van der Waals surface area contributed by atoms with Crippen molar-refractivity contribution in [3.8, 4) is 0 Å². The molecule has 2 amide bonds. The second-order valence-electron chi connectivity index (χ2n) is 3.87. The van der Waals surface area contributed by atoms with E-state index < -0.39 is 12.1 Å². The Morgan fingerprint density at radius 3 is 2.62 bits per heavy atom. The smallest absolute Gasteiger partial charge is 0.336 e. The maximum absolute atomic E-state index is 11.3. The summed E-state index contributed by atoms with van der Waals surface area (Å²) < 4.78 is 4.32. The SMILES string of the molecule is COC(=O)C(O)CNC(=O)NC1CCCC1. The van der Waals surface area contributed by atoms with Gasteiger partial charge in [0.25, 0.3) is 0 Å². The van der Waals surface area contributed by atoms with Crippen LogP contribution in [0.1, 0.15) is 25.7 Å². The molecule has 0 bridgehead atoms. The molecule has 3 N–H and O–H groups in total. The molecule has 0 heterocycles. The van der Waals surface area contributed by atoms with Crippen molar-refractivity contribution < 1.29 is 19.4 Å². The summed E-state index contributed by atoms with van der Waals surface area (Å²) in [7, 11) is 1.18. The first-order valence-electron chi connectivity index (χ1n) is 5.43. The number of ether oxygens (including phenoxy) is 1. The Labute approximate surface area is 94.3 Å². The van der Waals surface area contributed by atoms with E-state index in [1.54, 1.807) is 0 Å². The summed E-state index contributed by atoms with van der Waals surface area (Å²) >= 11 is 0. The number of aliphatic hydroxyl groups excluding tert-OH is 1. The van der Waals surface area contributed by atoms with Crippen molar-refractivity contribution >= 4 is 12.0 Å². The van der Waals surface area contributed by atoms with Gasteiger partial charge in [0.1, 0.15) is 0 Å². The second-order valence-corrected chi connectivity index (χ2v) is 3.87. The number of rotatable bonds is 4. The lowest BCUT2D eigenvalue weighted by Gasteiger charge is -2.14. The number of nitrogens with one attached hydrogen (secondary N) is 2. The molecule has 1 saturated carbocycles. The predicted octanol–water partition coefficient (Wildman–Crippen LogP) is -0.238. The molecule has 0 aromatic heterocycles. The van der Waals surface area contributed by atoms with Crippen LogP contribution in [-0.2, 0) is 9.53 Å². The van der Waals surface area contributed by atoms with Crippen molar-refractivity contribution in [2.75, 3.05) is 13.7 Å². The summed E-state index contributed by atoms with van der Waals surface area (Å²) in [6.07, 6.45) is 2.95. The van der Waals surface area contributed by atoms with Gasteiger partial charge in [-0.3, -0.25) is 0 Å². The topological polar surface area (TPSA) is 87.7 Å². The van der Waals surface area contributed by atoms with Crippen LogP contribution in [0.5, 0.6) is 0 Å². The van der Waals surface area contributed by atoms with Gasteiger partial charge < -0.3 is 20.5 Å². The van der Waals surface area contributed by atoms with Crippen LogP contribution in [0, 0.1) is 0 Å². The zero-order valence-corrected chi connectivity index (χ0v) is 9.36. The average molecular weight is 230 g/mol. The van der Waals surface area contributed by atoms with Crippen LogP contribution < -0.4 is 10.6 Å². The van der Waals surface area contributed by atoms with Gasteiger partial charge >= 0.3 is 12.0 Å². The molecule has 0 aromatic rings. The van der Waals surface area contributed by atoms with Gasteiger partial charge in [-0.2, -0.15) is 0 Å². The Bertz CT molecular complexity index is 251. The summed E-state index contributed by atoms with van der Waals surface area (Å²) in [5.41, 5.74) is 0. The van der Waals surface area contributed by atoms with E-state index in [4.69, 9.17) is 0 Å². The van der Waals surface area contributed by atoms with E-state index in [-0.39, 0.29) is 18.6 Å². The molecule has 0 radical (unpaired) electrons. The minimum absolute atomic E-state index is 0.134. The normalized spacial score (nSPS) is 17.9. The Balaban J connectivity index is 2.16. The third-order valence-corrected chi connectivity index (χ3v) is 2.62. The highest BCUT2D eigenvalue weighted by molar-refractivity contribution is 5.77. The highest BCUT2D eigenvalue weighted by Gasteiger charge is 2.19. The van der Waals surface area contributed by atoms with Crippen LogP contribution >= 0.6 is 0 Å². The number of hydrogen-bond donors (Lipinski definition) is 3. The lowest BCUT2D eigenvalue weighted by Crippen LogP contribution is -2.45. The fraction of sp³-hybridized carbons (Fsp3) is 0.800. The van der Waals surface area contributed by atoms with Gasteiger partial charge in [0, 0.05) is 6.04 Å². The maximum atomic E-state index is 11.3. The Morgan fingerprint density at radius 2 is 2.06 bits per heavy atom. The monoisotopic (exact) mass is 230 g/mol. The van der Waals surface area contributed by atoms with Crippen molar-refractivity contribution in [3.05, 3.63) is 0 Å². The highest BCUT2D eigenvalue weighted by Crippen LogP contribution is 2.17. The first-order valence-corrected chi connectivity index (χ1v) is 5.43. The molecule has 1 rings (SSSR count). The van der Waals surface area contributed by atoms with Crippen LogP contribution in [-0.4, -0.2) is 42.9 Å². The van der Waals surface area contributed by atoms with Crippen LogP contribution in [0.25, 0.3) is 0 Å². The van der Waals surface area contributed by atoms with E-state index in [9.17, 15) is 14.7 Å². The summed E-state index contributed by atoms with van der Waals surface area (Å²) in [6.45, 7) is -0.134. The van der Waals surface area contributed by atoms with E-state index in [1.165, 1.54) is 7.11 Å². The van der Waals surface area contributed by atoms with E-state index in [0.29, 0.717) is 0 Å². The molecule has 6 nitrogen and oxygen atoms in total. The van der Waals surface area contributed by atoms with Gasteiger partial charge in [0.05, 0.1) is 13.7 Å². The number of esters is 1. The molecule has 1 aliphatic carbocycles. The van der Waals surface area contributed by atoms with Crippen LogP contribution in [0.15, 0.2) is 0 Å². The molecule has 16 heavy (non-hydrogen) atoms. The van der Waals surface area contributed by atoms with Crippen LogP contribution in [0.2, 0.25) is 0 Å². The Hall–Kier alpha value is -1.30. The van der Waals surface area contributed by atoms with E-state index in [2.05, 4.69) is 15.4 Å². The van der Waals surface area contributed by atoms with Crippen LogP contribution in [0.3, 0.4) is 0 Å². The van der Waals surface area contributed by atoms with Gasteiger partial charge in [-0.05, 0) is 12.8 Å². The largest absolute Gasteiger partial charge is 0.467 e. The zero-order chi connectivity index (χ0) is 12.0. The molecular formula is C10H18N2O4. The standard InChI is InChI=1S/C10H18N2O4/c1-16-9(14)8(13)6-11-10(15)12-7-4-2-3-5-7/h7-8,13H,2-6H2,1H3,(H2,11,12,15). The quantitative estimate of drug-likeness (QED) is 0.582. The second kappa shape index (κ2) is 6.32. The molecule has 0 aliphatic heterocycles. The number of hydrogen-bond acceptors (Lipinski definition) is 4. The van der Waals surface area contributed by atoms with Gasteiger partial charge in [0.15, 0.2) is 6.10 Å². The number of carbonyl (C=O) groups excluding carboxylic acids is 2. The minimum Gasteiger partial charge on any atom is -0.467 e. The third-order valence-electron chi connectivity index (χ3n) is 2.62. The summed E-state index contributed by atoms with van der Waals surface area (Å²) in [5, 5.41) is 14.4. The average Bonchev–Trinajstić information content (AvgIpc) is 2.77. The fourth-order valence-corrected chi connectivity index (χ4v) is 1.72. The van der Waals surface area contributed by atoms with Crippen LogP contribution in [0.4, 0.5) is 4.79 Å². The number of amides is 2. The zero-order valence-electron chi connectivity index (χ0n) is 9.36. The number of methoxy groups -OCH3 is 1. The first kappa shape index (κ1) is 12.8. The molecular weight excluding hydrogens is 212 g/mol. The minimum atomic E-state index is -1.31. The van der Waals surface area contributed by atoms with Gasteiger partial charge in [-0.1, -0.05) is 12.8 Å². The predicted molar refractivity (Wildman–Crippen MR) is 56.8 cm³/mol. The molecule has 1 aliphatic rings. The lowest BCUT2D eigenvalue weighted by molar-refractivity contribution is -0.149. The maximum Gasteiger partial charge on any atom is 0.336 e. The van der Waals surface area contributed by atoms with E-state index >= 15 is 0 Å². The van der Waals surface area contributed by atoms with Crippen molar-refractivity contribution in [3.63, 3.8) is 0 Å². The van der Waals surface area contributed by atoms with E-state index in [1.807, 2.05) is 0 Å². The van der Waals surface area contributed by atoms with Crippen molar-refractivity contribution in [1.82, 2.24) is 10.6 Å². The number of aliphatic hydroxyl groups is 1. The molecule has 1 atom stereocenters. The number of urea groups is 1. The fourth-order valence-electron chi connectivity index (χ4n) is 1.72. The van der Waals surface area contributed by atoms with Gasteiger partial charge in [-0.25, -0.2) is 9.59 Å². The molecule has 6 heteroatoms. The Kier molecular flexibility index (Phi) is 5.04. The highest BCUT2D eigenvalue weighted by atomic mass is 16.5. The third kappa shape index (κ3) is 4.06. The van der Waals surface area contributed by atoms with Gasteiger partial charge in [-0.15, -0.1) is 0 Å². The molecule has 0 saturated heterocycles.